The summed E-state index contributed by atoms with van der Waals surface area (Å²) in [6.45, 7) is 3.11. The van der Waals surface area contributed by atoms with Gasteiger partial charge in [-0.05, 0) is 36.6 Å². The molecule has 2 aromatic carbocycles. The van der Waals surface area contributed by atoms with E-state index in [4.69, 9.17) is 4.42 Å². The molecule has 2 heteroatoms. The van der Waals surface area contributed by atoms with Crippen molar-refractivity contribution in [3.05, 3.63) is 53.6 Å². The predicted octanol–water partition coefficient (Wildman–Crippen LogP) is 4.38. The molecule has 0 unspecified atom stereocenters. The fourth-order valence-electron chi connectivity index (χ4n) is 2.92. The second-order valence-corrected chi connectivity index (χ2v) is 5.11. The van der Waals surface area contributed by atoms with E-state index in [1.807, 2.05) is 0 Å². The molecule has 0 spiro atoms. The molecule has 0 aliphatic carbocycles. The summed E-state index contributed by atoms with van der Waals surface area (Å²) in [5.41, 5.74) is 6.03. The average molecular weight is 249 g/mol. The fraction of sp³-hybridized carbons (Fsp3) is 0.176. The average Bonchev–Trinajstić information content (AvgIpc) is 3.05. The first-order valence-electron chi connectivity index (χ1n) is 6.68. The van der Waals surface area contributed by atoms with Crippen LogP contribution in [0.3, 0.4) is 0 Å². The van der Waals surface area contributed by atoms with Gasteiger partial charge in [0.15, 0.2) is 0 Å². The number of hydrogen-bond acceptors (Lipinski definition) is 2. The van der Waals surface area contributed by atoms with Crippen LogP contribution >= 0.6 is 0 Å². The largest absolute Gasteiger partial charge is 0.456 e. The highest BCUT2D eigenvalue weighted by molar-refractivity contribution is 5.86. The zero-order valence-electron chi connectivity index (χ0n) is 10.9. The van der Waals surface area contributed by atoms with E-state index < -0.39 is 0 Å². The second kappa shape index (κ2) is 3.89. The summed E-state index contributed by atoms with van der Waals surface area (Å²) in [5, 5.41) is 4.59. The summed E-state index contributed by atoms with van der Waals surface area (Å²) in [7, 11) is 0. The van der Waals surface area contributed by atoms with E-state index >= 15 is 0 Å². The van der Waals surface area contributed by atoms with Crippen molar-refractivity contribution in [1.29, 1.82) is 0 Å². The maximum Gasteiger partial charge on any atom is 0.137 e. The Hall–Kier alpha value is -2.22. The van der Waals surface area contributed by atoms with E-state index in [9.17, 15) is 0 Å². The van der Waals surface area contributed by atoms with E-state index in [2.05, 4.69) is 54.7 Å². The number of benzene rings is 2. The minimum atomic E-state index is 0.977. The Kier molecular flexibility index (Phi) is 2.18. The summed E-state index contributed by atoms with van der Waals surface area (Å²) in [6.07, 6.45) is 1.07. The fourth-order valence-corrected chi connectivity index (χ4v) is 2.92. The lowest BCUT2D eigenvalue weighted by molar-refractivity contribution is 0.628. The van der Waals surface area contributed by atoms with Gasteiger partial charge in [0.1, 0.15) is 11.3 Å². The van der Waals surface area contributed by atoms with Gasteiger partial charge >= 0.3 is 0 Å². The quantitative estimate of drug-likeness (QED) is 0.692. The molecule has 0 atom stereocenters. The van der Waals surface area contributed by atoms with E-state index in [0.29, 0.717) is 0 Å². The summed E-state index contributed by atoms with van der Waals surface area (Å²) in [5.74, 6) is 0.977. The van der Waals surface area contributed by atoms with Gasteiger partial charge < -0.3 is 9.73 Å². The van der Waals surface area contributed by atoms with Gasteiger partial charge in [-0.25, -0.2) is 0 Å². The van der Waals surface area contributed by atoms with Crippen LogP contribution in [0.4, 0.5) is 5.69 Å². The van der Waals surface area contributed by atoms with Crippen molar-refractivity contribution in [3.8, 4) is 11.3 Å². The van der Waals surface area contributed by atoms with Gasteiger partial charge in [-0.15, -0.1) is 0 Å². The van der Waals surface area contributed by atoms with Crippen LogP contribution in [0.15, 0.2) is 46.9 Å². The third-order valence-corrected chi connectivity index (χ3v) is 3.87. The Bertz CT molecular complexity index is 770. The Morgan fingerprint density at radius 3 is 2.89 bits per heavy atom. The van der Waals surface area contributed by atoms with Crippen LogP contribution in [0.25, 0.3) is 22.3 Å². The second-order valence-electron chi connectivity index (χ2n) is 5.11. The highest BCUT2D eigenvalue weighted by Gasteiger charge is 2.17. The smallest absolute Gasteiger partial charge is 0.137 e. The summed E-state index contributed by atoms with van der Waals surface area (Å²) in [6, 6.07) is 14.8. The van der Waals surface area contributed by atoms with Crippen molar-refractivity contribution in [2.24, 2.45) is 0 Å². The molecular formula is C17H15NO. The summed E-state index contributed by atoms with van der Waals surface area (Å²) >= 11 is 0. The number of nitrogens with one attached hydrogen (secondary N) is 1. The van der Waals surface area contributed by atoms with Crippen molar-refractivity contribution >= 4 is 16.7 Å². The lowest BCUT2D eigenvalue weighted by Crippen LogP contribution is -1.90. The molecule has 0 bridgehead atoms. The molecule has 1 N–H and O–H groups in total. The van der Waals surface area contributed by atoms with E-state index in [1.165, 1.54) is 27.8 Å². The number of anilines is 1. The molecule has 0 saturated heterocycles. The molecule has 1 aromatic heterocycles. The first-order valence-corrected chi connectivity index (χ1v) is 6.68. The Morgan fingerprint density at radius 1 is 1.11 bits per heavy atom. The standard InChI is InChI=1S/C17H15NO/c1-11-4-2-5-12-10-16(19-17(11)12)14-6-3-7-15-13(14)8-9-18-15/h2-7,10,18H,8-9H2,1H3. The molecule has 2 heterocycles. The van der Waals surface area contributed by atoms with Gasteiger partial charge in [-0.2, -0.15) is 0 Å². The van der Waals surface area contributed by atoms with Crippen molar-refractivity contribution in [2.75, 3.05) is 11.9 Å². The maximum atomic E-state index is 6.08. The lowest BCUT2D eigenvalue weighted by atomic mass is 10.0. The number of aryl methyl sites for hydroxylation is 1. The van der Waals surface area contributed by atoms with Crippen molar-refractivity contribution in [2.45, 2.75) is 13.3 Å². The SMILES string of the molecule is Cc1cccc2cc(-c3cccc4c3CCN4)oc12. The molecule has 94 valence electrons. The minimum absolute atomic E-state index is 0.977. The van der Waals surface area contributed by atoms with Gasteiger partial charge in [0, 0.05) is 23.2 Å². The Balaban J connectivity index is 1.96. The topological polar surface area (TPSA) is 25.2 Å². The zero-order chi connectivity index (χ0) is 12.8. The monoisotopic (exact) mass is 249 g/mol. The number of rotatable bonds is 1. The molecule has 3 aromatic rings. The third-order valence-electron chi connectivity index (χ3n) is 3.87. The number of hydrogen-bond donors (Lipinski definition) is 1. The molecule has 19 heavy (non-hydrogen) atoms. The summed E-state index contributed by atoms with van der Waals surface area (Å²) in [4.78, 5) is 0. The van der Waals surface area contributed by atoms with Crippen LogP contribution < -0.4 is 5.32 Å². The number of fused-ring (bicyclic) bond motifs is 2. The zero-order valence-corrected chi connectivity index (χ0v) is 10.9. The van der Waals surface area contributed by atoms with Gasteiger partial charge in [0.25, 0.3) is 0 Å². The van der Waals surface area contributed by atoms with Gasteiger partial charge in [0.05, 0.1) is 0 Å². The van der Waals surface area contributed by atoms with Crippen LogP contribution in [0.5, 0.6) is 0 Å². The van der Waals surface area contributed by atoms with Crippen LogP contribution in [-0.2, 0) is 6.42 Å². The lowest BCUT2D eigenvalue weighted by Gasteiger charge is -2.04. The van der Waals surface area contributed by atoms with Crippen LogP contribution in [0.2, 0.25) is 0 Å². The van der Waals surface area contributed by atoms with Crippen molar-refractivity contribution in [1.82, 2.24) is 0 Å². The highest BCUT2D eigenvalue weighted by atomic mass is 16.3. The normalized spacial score (nSPS) is 13.5. The van der Waals surface area contributed by atoms with Crippen LogP contribution in [0, 0.1) is 6.92 Å². The molecule has 0 fully saturated rings. The third kappa shape index (κ3) is 1.56. The highest BCUT2D eigenvalue weighted by Crippen LogP contribution is 2.36. The van der Waals surface area contributed by atoms with Crippen LogP contribution in [0.1, 0.15) is 11.1 Å². The Morgan fingerprint density at radius 2 is 2.00 bits per heavy atom. The molecular weight excluding hydrogens is 234 g/mol. The molecule has 0 radical (unpaired) electrons. The Labute approximate surface area is 112 Å². The van der Waals surface area contributed by atoms with E-state index in [1.54, 1.807) is 0 Å². The number of para-hydroxylation sites is 1. The van der Waals surface area contributed by atoms with Crippen LogP contribution in [-0.4, -0.2) is 6.54 Å². The predicted molar refractivity (Wildman–Crippen MR) is 78.6 cm³/mol. The molecule has 1 aliphatic heterocycles. The molecule has 0 amide bonds. The van der Waals surface area contributed by atoms with Gasteiger partial charge in [0.2, 0.25) is 0 Å². The molecule has 1 aliphatic rings. The minimum Gasteiger partial charge on any atom is -0.456 e. The first-order chi connectivity index (χ1) is 9.33. The number of furan rings is 1. The van der Waals surface area contributed by atoms with Crippen molar-refractivity contribution in [3.63, 3.8) is 0 Å². The van der Waals surface area contributed by atoms with E-state index in [0.717, 1.165) is 24.3 Å². The molecule has 2 nitrogen and oxygen atoms in total. The van der Waals surface area contributed by atoms with Gasteiger partial charge in [-0.1, -0.05) is 30.3 Å². The summed E-state index contributed by atoms with van der Waals surface area (Å²) < 4.78 is 6.08. The van der Waals surface area contributed by atoms with Crippen molar-refractivity contribution < 1.29 is 4.42 Å². The first kappa shape index (κ1) is 10.7. The maximum absolute atomic E-state index is 6.08. The molecule has 0 saturated carbocycles. The van der Waals surface area contributed by atoms with E-state index in [-0.39, 0.29) is 0 Å². The molecule has 4 rings (SSSR count). The van der Waals surface area contributed by atoms with Gasteiger partial charge in [-0.3, -0.25) is 0 Å².